The maximum absolute atomic E-state index is 12.2. The zero-order valence-corrected chi connectivity index (χ0v) is 13.0. The van der Waals surface area contributed by atoms with Gasteiger partial charge in [0.25, 0.3) is 0 Å². The third kappa shape index (κ3) is 4.07. The Morgan fingerprint density at radius 1 is 1.30 bits per heavy atom. The van der Waals surface area contributed by atoms with Gasteiger partial charge >= 0.3 is 0 Å². The molecule has 0 unspecified atom stereocenters. The highest BCUT2D eigenvalue weighted by Crippen LogP contribution is 2.23. The molecule has 0 saturated carbocycles. The molecule has 2 rings (SSSR count). The topological polar surface area (TPSA) is 32.3 Å². The van der Waals surface area contributed by atoms with Crippen molar-refractivity contribution in [3.8, 4) is 0 Å². The van der Waals surface area contributed by atoms with Crippen molar-refractivity contribution in [3.05, 3.63) is 51.7 Å². The fourth-order valence-corrected chi connectivity index (χ4v) is 2.94. The largest absolute Gasteiger partial charge is 0.325 e. The summed E-state index contributed by atoms with van der Waals surface area (Å²) < 4.78 is 0.773. The van der Waals surface area contributed by atoms with Crippen LogP contribution >= 0.6 is 22.9 Å². The van der Waals surface area contributed by atoms with E-state index in [-0.39, 0.29) is 11.9 Å². The van der Waals surface area contributed by atoms with Gasteiger partial charge in [0, 0.05) is 17.1 Å². The van der Waals surface area contributed by atoms with E-state index in [1.54, 1.807) is 11.3 Å². The van der Waals surface area contributed by atoms with Crippen molar-refractivity contribution in [2.45, 2.75) is 19.5 Å². The number of rotatable bonds is 5. The third-order valence-corrected chi connectivity index (χ3v) is 4.33. The Hall–Kier alpha value is -1.36. The summed E-state index contributed by atoms with van der Waals surface area (Å²) in [5.74, 6) is -0.0126. The van der Waals surface area contributed by atoms with Gasteiger partial charge in [0.15, 0.2) is 0 Å². The molecule has 1 aromatic heterocycles. The smallest absolute Gasteiger partial charge is 0.241 e. The van der Waals surface area contributed by atoms with Gasteiger partial charge in [-0.25, -0.2) is 0 Å². The Labute approximate surface area is 128 Å². The van der Waals surface area contributed by atoms with Gasteiger partial charge < -0.3 is 5.32 Å². The standard InChI is InChI=1S/C15H17ClN2OS/c1-11(15(19)17-12-6-4-3-5-7-12)18(2)10-13-8-9-14(16)20-13/h3-9,11H,10H2,1-2H3,(H,17,19)/t11-/m0/s1. The molecule has 5 heteroatoms. The molecule has 0 aliphatic heterocycles. The lowest BCUT2D eigenvalue weighted by atomic mass is 10.2. The summed E-state index contributed by atoms with van der Waals surface area (Å²) in [6.45, 7) is 2.61. The SMILES string of the molecule is C[C@@H](C(=O)Nc1ccccc1)N(C)Cc1ccc(Cl)s1. The molecule has 1 N–H and O–H groups in total. The summed E-state index contributed by atoms with van der Waals surface area (Å²) in [6, 6.07) is 13.1. The maximum Gasteiger partial charge on any atom is 0.241 e. The van der Waals surface area contributed by atoms with Gasteiger partial charge in [-0.05, 0) is 38.2 Å². The fourth-order valence-electron chi connectivity index (χ4n) is 1.79. The van der Waals surface area contributed by atoms with Crippen molar-refractivity contribution in [2.75, 3.05) is 12.4 Å². The van der Waals surface area contributed by atoms with Crippen LogP contribution in [0.2, 0.25) is 4.34 Å². The van der Waals surface area contributed by atoms with Crippen LogP contribution in [0.3, 0.4) is 0 Å². The van der Waals surface area contributed by atoms with Gasteiger partial charge in [0.2, 0.25) is 5.91 Å². The van der Waals surface area contributed by atoms with Gasteiger partial charge in [-0.3, -0.25) is 9.69 Å². The number of para-hydroxylation sites is 1. The zero-order chi connectivity index (χ0) is 14.5. The van der Waals surface area contributed by atoms with Crippen molar-refractivity contribution < 1.29 is 4.79 Å². The van der Waals surface area contributed by atoms with E-state index in [0.29, 0.717) is 6.54 Å². The third-order valence-electron chi connectivity index (χ3n) is 3.12. The molecule has 1 aromatic carbocycles. The second-order valence-corrected chi connectivity index (χ2v) is 6.45. The molecule has 0 bridgehead atoms. The molecule has 3 nitrogen and oxygen atoms in total. The Morgan fingerprint density at radius 2 is 2.00 bits per heavy atom. The van der Waals surface area contributed by atoms with Crippen molar-refractivity contribution in [1.82, 2.24) is 4.90 Å². The molecular weight excluding hydrogens is 292 g/mol. The molecule has 0 saturated heterocycles. The summed E-state index contributed by atoms with van der Waals surface area (Å²) in [7, 11) is 1.93. The van der Waals surface area contributed by atoms with E-state index >= 15 is 0 Å². The van der Waals surface area contributed by atoms with E-state index in [4.69, 9.17) is 11.6 Å². The molecule has 0 radical (unpaired) electrons. The van der Waals surface area contributed by atoms with Crippen molar-refractivity contribution in [1.29, 1.82) is 0 Å². The van der Waals surface area contributed by atoms with Crippen LogP contribution in [-0.4, -0.2) is 23.9 Å². The second kappa shape index (κ2) is 6.88. The fraction of sp³-hybridized carbons (Fsp3) is 0.267. The van der Waals surface area contributed by atoms with Gasteiger partial charge in [-0.15, -0.1) is 11.3 Å². The van der Waals surface area contributed by atoms with Crippen LogP contribution in [0, 0.1) is 0 Å². The summed E-state index contributed by atoms with van der Waals surface area (Å²) in [6.07, 6.45) is 0. The van der Waals surface area contributed by atoms with E-state index in [0.717, 1.165) is 14.9 Å². The lowest BCUT2D eigenvalue weighted by Crippen LogP contribution is -2.39. The molecule has 106 valence electrons. The molecule has 0 aliphatic rings. The number of thiophene rings is 1. The molecule has 2 aromatic rings. The number of likely N-dealkylation sites (N-methyl/N-ethyl adjacent to an activating group) is 1. The lowest BCUT2D eigenvalue weighted by molar-refractivity contribution is -0.120. The Kier molecular flexibility index (Phi) is 5.17. The number of benzene rings is 1. The van der Waals surface area contributed by atoms with Crippen LogP contribution in [0.1, 0.15) is 11.8 Å². The highest BCUT2D eigenvalue weighted by molar-refractivity contribution is 7.16. The lowest BCUT2D eigenvalue weighted by Gasteiger charge is -2.23. The summed E-state index contributed by atoms with van der Waals surface area (Å²) in [5, 5.41) is 2.91. The van der Waals surface area contributed by atoms with E-state index in [2.05, 4.69) is 5.32 Å². The van der Waals surface area contributed by atoms with E-state index in [1.165, 1.54) is 0 Å². The average molecular weight is 309 g/mol. The maximum atomic E-state index is 12.2. The Morgan fingerprint density at radius 3 is 2.60 bits per heavy atom. The minimum atomic E-state index is -0.212. The summed E-state index contributed by atoms with van der Waals surface area (Å²) >= 11 is 7.46. The number of nitrogens with zero attached hydrogens (tertiary/aromatic N) is 1. The van der Waals surface area contributed by atoms with Crippen molar-refractivity contribution >= 4 is 34.5 Å². The molecule has 1 atom stereocenters. The van der Waals surface area contributed by atoms with Gasteiger partial charge in [-0.1, -0.05) is 29.8 Å². The second-order valence-electron chi connectivity index (χ2n) is 4.65. The van der Waals surface area contributed by atoms with Crippen LogP contribution in [0.4, 0.5) is 5.69 Å². The van der Waals surface area contributed by atoms with Gasteiger partial charge in [-0.2, -0.15) is 0 Å². The normalized spacial score (nSPS) is 12.4. The van der Waals surface area contributed by atoms with Gasteiger partial charge in [0.05, 0.1) is 10.4 Å². The van der Waals surface area contributed by atoms with Crippen LogP contribution in [0.5, 0.6) is 0 Å². The predicted molar refractivity (Wildman–Crippen MR) is 85.3 cm³/mol. The van der Waals surface area contributed by atoms with Crippen LogP contribution in [0.25, 0.3) is 0 Å². The highest BCUT2D eigenvalue weighted by atomic mass is 35.5. The number of halogens is 1. The molecular formula is C15H17ClN2OS. The summed E-state index contributed by atoms with van der Waals surface area (Å²) in [4.78, 5) is 15.3. The number of hydrogen-bond donors (Lipinski definition) is 1. The van der Waals surface area contributed by atoms with Crippen LogP contribution < -0.4 is 5.32 Å². The monoisotopic (exact) mass is 308 g/mol. The number of amides is 1. The predicted octanol–water partition coefficient (Wildman–Crippen LogP) is 3.86. The first-order valence-electron chi connectivity index (χ1n) is 6.36. The van der Waals surface area contributed by atoms with Crippen molar-refractivity contribution in [3.63, 3.8) is 0 Å². The molecule has 20 heavy (non-hydrogen) atoms. The first-order valence-corrected chi connectivity index (χ1v) is 7.56. The molecule has 1 amide bonds. The number of nitrogens with one attached hydrogen (secondary N) is 1. The molecule has 0 fully saturated rings. The van der Waals surface area contributed by atoms with E-state index < -0.39 is 0 Å². The Balaban J connectivity index is 1.92. The minimum absolute atomic E-state index is 0.0126. The first-order chi connectivity index (χ1) is 9.56. The van der Waals surface area contributed by atoms with Crippen LogP contribution in [0.15, 0.2) is 42.5 Å². The zero-order valence-electron chi connectivity index (χ0n) is 11.5. The first kappa shape index (κ1) is 15.0. The number of anilines is 1. The number of carbonyl (C=O) groups excluding carboxylic acids is 1. The molecule has 0 spiro atoms. The van der Waals surface area contributed by atoms with Crippen LogP contribution in [-0.2, 0) is 11.3 Å². The highest BCUT2D eigenvalue weighted by Gasteiger charge is 2.18. The average Bonchev–Trinajstić information content (AvgIpc) is 2.84. The Bertz CT molecular complexity index is 570. The van der Waals surface area contributed by atoms with E-state index in [9.17, 15) is 4.79 Å². The molecule has 1 heterocycles. The quantitative estimate of drug-likeness (QED) is 0.909. The molecule has 0 aliphatic carbocycles. The number of carbonyl (C=O) groups is 1. The number of hydrogen-bond acceptors (Lipinski definition) is 3. The summed E-state index contributed by atoms with van der Waals surface area (Å²) in [5.41, 5.74) is 0.817. The van der Waals surface area contributed by atoms with E-state index in [1.807, 2.05) is 61.3 Å². The van der Waals surface area contributed by atoms with Crippen molar-refractivity contribution in [2.24, 2.45) is 0 Å². The minimum Gasteiger partial charge on any atom is -0.325 e. The van der Waals surface area contributed by atoms with Gasteiger partial charge in [0.1, 0.15) is 0 Å².